The summed E-state index contributed by atoms with van der Waals surface area (Å²) in [6, 6.07) is 6.73. The van der Waals surface area contributed by atoms with E-state index >= 15 is 0 Å². The molecule has 1 aromatic carbocycles. The van der Waals surface area contributed by atoms with Crippen LogP contribution in [0, 0.1) is 11.3 Å². The second kappa shape index (κ2) is 10.1. The number of nitriles is 1. The summed E-state index contributed by atoms with van der Waals surface area (Å²) in [5.74, 6) is -0.0889. The molecule has 0 aliphatic heterocycles. The Morgan fingerprint density at radius 3 is 2.58 bits per heavy atom. The monoisotopic (exact) mass is 330 g/mol. The molecular formula is C18H22N2O4. The van der Waals surface area contributed by atoms with Gasteiger partial charge in [0.25, 0.3) is 5.91 Å². The summed E-state index contributed by atoms with van der Waals surface area (Å²) in [5.41, 5.74) is 0.603. The fourth-order valence-electron chi connectivity index (χ4n) is 1.89. The van der Waals surface area contributed by atoms with Gasteiger partial charge in [-0.25, -0.2) is 0 Å². The highest BCUT2D eigenvalue weighted by Crippen LogP contribution is 2.29. The Hall–Kier alpha value is -2.81. The van der Waals surface area contributed by atoms with E-state index in [4.69, 9.17) is 14.7 Å². The normalized spacial score (nSPS) is 10.7. The summed E-state index contributed by atoms with van der Waals surface area (Å²) in [6.45, 7) is 4.33. The molecule has 6 nitrogen and oxygen atoms in total. The van der Waals surface area contributed by atoms with Gasteiger partial charge in [0, 0.05) is 13.0 Å². The zero-order chi connectivity index (χ0) is 17.9. The molecule has 6 heteroatoms. The molecule has 0 fully saturated rings. The fraction of sp³-hybridized carbons (Fsp3) is 0.389. The number of methoxy groups -OCH3 is 1. The molecule has 1 N–H and O–H groups in total. The number of carbonyl (C=O) groups is 2. The molecule has 0 aromatic heterocycles. The van der Waals surface area contributed by atoms with E-state index in [-0.39, 0.29) is 11.5 Å². The van der Waals surface area contributed by atoms with Crippen LogP contribution in [0.2, 0.25) is 0 Å². The molecular weight excluding hydrogens is 308 g/mol. The van der Waals surface area contributed by atoms with E-state index in [9.17, 15) is 9.59 Å². The number of hydrogen-bond acceptors (Lipinski definition) is 5. The van der Waals surface area contributed by atoms with E-state index < -0.39 is 5.91 Å². The second-order valence-electron chi connectivity index (χ2n) is 5.06. The average molecular weight is 330 g/mol. The van der Waals surface area contributed by atoms with E-state index in [0.717, 1.165) is 6.42 Å². The molecule has 0 bridgehead atoms. The van der Waals surface area contributed by atoms with Crippen LogP contribution in [-0.2, 0) is 9.59 Å². The Bertz CT molecular complexity index is 659. The van der Waals surface area contributed by atoms with Crippen LogP contribution in [-0.4, -0.2) is 25.5 Å². The lowest BCUT2D eigenvalue weighted by molar-refractivity contribution is -0.134. The van der Waals surface area contributed by atoms with Gasteiger partial charge in [-0.2, -0.15) is 5.26 Å². The summed E-state index contributed by atoms with van der Waals surface area (Å²) in [7, 11) is 1.46. The molecule has 0 aliphatic rings. The van der Waals surface area contributed by atoms with E-state index in [1.807, 2.05) is 19.9 Å². The number of ether oxygens (including phenoxy) is 2. The van der Waals surface area contributed by atoms with Crippen LogP contribution in [0.1, 0.15) is 38.7 Å². The lowest BCUT2D eigenvalue weighted by Gasteiger charge is -2.10. The Morgan fingerprint density at radius 2 is 2.00 bits per heavy atom. The highest BCUT2D eigenvalue weighted by Gasteiger charge is 2.12. The van der Waals surface area contributed by atoms with Crippen molar-refractivity contribution in [3.63, 3.8) is 0 Å². The lowest BCUT2D eigenvalue weighted by atomic mass is 10.1. The smallest absolute Gasteiger partial charge is 0.311 e. The quantitative estimate of drug-likeness (QED) is 0.343. The van der Waals surface area contributed by atoms with Crippen molar-refractivity contribution >= 4 is 18.0 Å². The molecule has 24 heavy (non-hydrogen) atoms. The molecule has 0 spiro atoms. The van der Waals surface area contributed by atoms with Crippen molar-refractivity contribution in [1.29, 1.82) is 5.26 Å². The van der Waals surface area contributed by atoms with Gasteiger partial charge in [-0.3, -0.25) is 9.59 Å². The minimum Gasteiger partial charge on any atom is -0.493 e. The Morgan fingerprint density at radius 1 is 1.25 bits per heavy atom. The van der Waals surface area contributed by atoms with E-state index in [1.165, 1.54) is 13.2 Å². The van der Waals surface area contributed by atoms with Crippen LogP contribution in [0.5, 0.6) is 11.5 Å². The maximum atomic E-state index is 11.9. The number of nitrogens with one attached hydrogen (secondary N) is 1. The van der Waals surface area contributed by atoms with Crippen molar-refractivity contribution in [3.8, 4) is 17.6 Å². The van der Waals surface area contributed by atoms with Gasteiger partial charge in [-0.1, -0.05) is 19.9 Å². The number of carbonyl (C=O) groups excluding carboxylic acids is 2. The minimum absolute atomic E-state index is 0.00114. The highest BCUT2D eigenvalue weighted by molar-refractivity contribution is 6.01. The number of nitrogens with zero attached hydrogens (tertiary/aromatic N) is 1. The predicted molar refractivity (Wildman–Crippen MR) is 90.4 cm³/mol. The lowest BCUT2D eigenvalue weighted by Crippen LogP contribution is -2.25. The predicted octanol–water partition coefficient (Wildman–Crippen LogP) is 2.83. The van der Waals surface area contributed by atoms with Gasteiger partial charge in [-0.15, -0.1) is 0 Å². The van der Waals surface area contributed by atoms with Gasteiger partial charge < -0.3 is 14.8 Å². The third-order valence-corrected chi connectivity index (χ3v) is 3.08. The summed E-state index contributed by atoms with van der Waals surface area (Å²) in [4.78, 5) is 23.5. The van der Waals surface area contributed by atoms with Crippen LogP contribution >= 0.6 is 0 Å². The third-order valence-electron chi connectivity index (χ3n) is 3.08. The van der Waals surface area contributed by atoms with Crippen LogP contribution in [0.15, 0.2) is 23.8 Å². The van der Waals surface area contributed by atoms with Gasteiger partial charge >= 0.3 is 5.97 Å². The second-order valence-corrected chi connectivity index (χ2v) is 5.06. The number of hydrogen-bond donors (Lipinski definition) is 1. The van der Waals surface area contributed by atoms with E-state index in [0.29, 0.717) is 36.4 Å². The third kappa shape index (κ3) is 5.76. The van der Waals surface area contributed by atoms with Crippen LogP contribution in [0.3, 0.4) is 0 Å². The number of amides is 1. The topological polar surface area (TPSA) is 88.4 Å². The SMILES string of the molecule is CCCNC(=O)/C(C#N)=C/c1ccc(OC(=O)CCC)c(OC)c1. The van der Waals surface area contributed by atoms with Crippen molar-refractivity contribution < 1.29 is 19.1 Å². The molecule has 0 saturated heterocycles. The minimum atomic E-state index is -0.420. The first kappa shape index (κ1) is 19.2. The fourth-order valence-corrected chi connectivity index (χ4v) is 1.89. The maximum Gasteiger partial charge on any atom is 0.311 e. The zero-order valence-corrected chi connectivity index (χ0v) is 14.2. The molecule has 1 rings (SSSR count). The molecule has 0 atom stereocenters. The molecule has 0 radical (unpaired) electrons. The molecule has 128 valence electrons. The number of esters is 1. The average Bonchev–Trinajstić information content (AvgIpc) is 2.58. The largest absolute Gasteiger partial charge is 0.493 e. The molecule has 1 amide bonds. The van der Waals surface area contributed by atoms with Crippen LogP contribution in [0.25, 0.3) is 6.08 Å². The Kier molecular flexibility index (Phi) is 8.06. The van der Waals surface area contributed by atoms with E-state index in [1.54, 1.807) is 18.2 Å². The Labute approximate surface area is 142 Å². The van der Waals surface area contributed by atoms with Crippen LogP contribution < -0.4 is 14.8 Å². The van der Waals surface area contributed by atoms with Gasteiger partial charge in [0.1, 0.15) is 11.6 Å². The standard InChI is InChI=1S/C18H22N2O4/c1-4-6-17(21)24-15-8-7-13(11-16(15)23-3)10-14(12-19)18(22)20-9-5-2/h7-8,10-11H,4-6,9H2,1-3H3,(H,20,22)/b14-10+. The summed E-state index contributed by atoms with van der Waals surface area (Å²) in [5, 5.41) is 11.8. The summed E-state index contributed by atoms with van der Waals surface area (Å²) >= 11 is 0. The summed E-state index contributed by atoms with van der Waals surface area (Å²) < 4.78 is 10.5. The first-order valence-corrected chi connectivity index (χ1v) is 7.84. The van der Waals surface area contributed by atoms with Crippen molar-refractivity contribution in [2.24, 2.45) is 0 Å². The molecule has 1 aromatic rings. The Balaban J connectivity index is 3.01. The summed E-state index contributed by atoms with van der Waals surface area (Å²) in [6.07, 6.45) is 3.27. The number of benzene rings is 1. The van der Waals surface area contributed by atoms with Gasteiger partial charge in [0.05, 0.1) is 7.11 Å². The van der Waals surface area contributed by atoms with Crippen molar-refractivity contribution in [2.75, 3.05) is 13.7 Å². The highest BCUT2D eigenvalue weighted by atomic mass is 16.6. The van der Waals surface area contributed by atoms with Crippen molar-refractivity contribution in [3.05, 3.63) is 29.3 Å². The maximum absolute atomic E-state index is 11.9. The van der Waals surface area contributed by atoms with Crippen molar-refractivity contribution in [2.45, 2.75) is 33.1 Å². The first-order valence-electron chi connectivity index (χ1n) is 7.84. The molecule has 0 heterocycles. The van der Waals surface area contributed by atoms with Crippen molar-refractivity contribution in [1.82, 2.24) is 5.32 Å². The van der Waals surface area contributed by atoms with Gasteiger partial charge in [-0.05, 0) is 36.6 Å². The van der Waals surface area contributed by atoms with Gasteiger partial charge in [0.2, 0.25) is 0 Å². The molecule has 0 unspecified atom stereocenters. The van der Waals surface area contributed by atoms with Gasteiger partial charge in [0.15, 0.2) is 11.5 Å². The van der Waals surface area contributed by atoms with E-state index in [2.05, 4.69) is 5.32 Å². The molecule has 0 saturated carbocycles. The van der Waals surface area contributed by atoms with Crippen LogP contribution in [0.4, 0.5) is 0 Å². The molecule has 0 aliphatic carbocycles. The number of rotatable bonds is 8. The first-order chi connectivity index (χ1) is 11.5. The zero-order valence-electron chi connectivity index (χ0n) is 14.2.